The number of hydrogen-bond donors (Lipinski definition) is 1. The number of aromatic carboxylic acids is 1. The Morgan fingerprint density at radius 3 is 2.28 bits per heavy atom. The first-order chi connectivity index (χ1) is 18.5. The van der Waals surface area contributed by atoms with Crippen molar-refractivity contribution in [3.05, 3.63) is 107 Å². The van der Waals surface area contributed by atoms with Gasteiger partial charge in [0, 0.05) is 11.1 Å². The standard InChI is InChI=1S/C30H22F4N2O3/c1-17(18-3-5-19(6-4-18)29(37)38)36-28(22-8-7-21-14-24(39-2)11-9-20(21)13-22)16-27(35-36)25-15-23(30(32,33)34)10-12-26(25)31/h3-17H,1-2H3,(H,37,38). The monoisotopic (exact) mass is 534 g/mol. The molecular formula is C30H22F4N2O3. The maximum atomic E-state index is 14.8. The second kappa shape index (κ2) is 9.90. The Kier molecular flexibility index (Phi) is 6.59. The highest BCUT2D eigenvalue weighted by molar-refractivity contribution is 5.89. The Balaban J connectivity index is 1.67. The lowest BCUT2D eigenvalue weighted by atomic mass is 10.0. The smallest absolute Gasteiger partial charge is 0.416 e. The lowest BCUT2D eigenvalue weighted by Crippen LogP contribution is -2.11. The number of benzene rings is 4. The van der Waals surface area contributed by atoms with Crippen molar-refractivity contribution in [2.45, 2.75) is 19.1 Å². The van der Waals surface area contributed by atoms with E-state index in [9.17, 15) is 27.5 Å². The second-order valence-corrected chi connectivity index (χ2v) is 9.08. The van der Waals surface area contributed by atoms with E-state index >= 15 is 0 Å². The molecule has 1 unspecified atom stereocenters. The third-order valence-electron chi connectivity index (χ3n) is 6.66. The van der Waals surface area contributed by atoms with Crippen LogP contribution in [0.3, 0.4) is 0 Å². The molecule has 4 aromatic carbocycles. The molecule has 0 aliphatic rings. The molecule has 198 valence electrons. The Hall–Kier alpha value is -4.66. The molecule has 9 heteroatoms. The van der Waals surface area contributed by atoms with Crippen LogP contribution in [0.4, 0.5) is 17.6 Å². The molecule has 0 spiro atoms. The summed E-state index contributed by atoms with van der Waals surface area (Å²) in [5.74, 6) is -1.20. The predicted octanol–water partition coefficient (Wildman–Crippen LogP) is 7.84. The highest BCUT2D eigenvalue weighted by atomic mass is 19.4. The lowest BCUT2D eigenvalue weighted by molar-refractivity contribution is -0.137. The van der Waals surface area contributed by atoms with Crippen molar-refractivity contribution in [1.29, 1.82) is 0 Å². The van der Waals surface area contributed by atoms with Gasteiger partial charge in [0.05, 0.1) is 35.7 Å². The molecule has 5 aromatic rings. The van der Waals surface area contributed by atoms with Crippen LogP contribution in [-0.2, 0) is 6.18 Å². The normalized spacial score (nSPS) is 12.5. The molecule has 0 aliphatic carbocycles. The minimum absolute atomic E-state index is 0.0393. The minimum Gasteiger partial charge on any atom is -0.497 e. The fourth-order valence-electron chi connectivity index (χ4n) is 4.49. The van der Waals surface area contributed by atoms with Crippen LogP contribution in [0.15, 0.2) is 84.9 Å². The number of aromatic nitrogens is 2. The summed E-state index contributed by atoms with van der Waals surface area (Å²) >= 11 is 0. The topological polar surface area (TPSA) is 64.4 Å². The summed E-state index contributed by atoms with van der Waals surface area (Å²) in [6.45, 7) is 1.82. The average molecular weight is 535 g/mol. The molecule has 5 rings (SSSR count). The van der Waals surface area contributed by atoms with E-state index in [1.807, 2.05) is 43.3 Å². The Morgan fingerprint density at radius 2 is 1.62 bits per heavy atom. The summed E-state index contributed by atoms with van der Waals surface area (Å²) in [5.41, 5.74) is 0.879. The number of ether oxygens (including phenoxy) is 1. The van der Waals surface area contributed by atoms with E-state index < -0.39 is 29.6 Å². The van der Waals surface area contributed by atoms with Gasteiger partial charge in [0.2, 0.25) is 0 Å². The second-order valence-electron chi connectivity index (χ2n) is 9.08. The van der Waals surface area contributed by atoms with Gasteiger partial charge in [0.25, 0.3) is 0 Å². The molecule has 0 bridgehead atoms. The van der Waals surface area contributed by atoms with Crippen molar-refractivity contribution >= 4 is 16.7 Å². The first kappa shape index (κ1) is 26.0. The number of carbonyl (C=O) groups is 1. The number of halogens is 4. The molecule has 1 atom stereocenters. The van der Waals surface area contributed by atoms with Crippen LogP contribution in [0.2, 0.25) is 0 Å². The van der Waals surface area contributed by atoms with Crippen LogP contribution in [0.5, 0.6) is 5.75 Å². The van der Waals surface area contributed by atoms with Crippen molar-refractivity contribution in [3.8, 4) is 28.3 Å². The number of nitrogens with zero attached hydrogens (tertiary/aromatic N) is 2. The van der Waals surface area contributed by atoms with Crippen LogP contribution < -0.4 is 4.74 Å². The van der Waals surface area contributed by atoms with Gasteiger partial charge >= 0.3 is 12.1 Å². The van der Waals surface area contributed by atoms with E-state index in [-0.39, 0.29) is 16.8 Å². The van der Waals surface area contributed by atoms with Crippen molar-refractivity contribution in [1.82, 2.24) is 9.78 Å². The van der Waals surface area contributed by atoms with E-state index in [4.69, 9.17) is 4.74 Å². The van der Waals surface area contributed by atoms with Crippen LogP contribution in [0.1, 0.15) is 34.5 Å². The number of carboxylic acid groups (broad SMARTS) is 1. The summed E-state index contributed by atoms with van der Waals surface area (Å²) in [5, 5.41) is 15.6. The number of alkyl halides is 3. The molecule has 0 saturated heterocycles. The molecule has 1 N–H and O–H groups in total. The maximum Gasteiger partial charge on any atom is 0.416 e. The van der Waals surface area contributed by atoms with E-state index in [2.05, 4.69) is 5.10 Å². The Bertz CT molecular complexity index is 1690. The highest BCUT2D eigenvalue weighted by Gasteiger charge is 2.32. The fourth-order valence-corrected chi connectivity index (χ4v) is 4.49. The zero-order valence-electron chi connectivity index (χ0n) is 20.8. The predicted molar refractivity (Wildman–Crippen MR) is 139 cm³/mol. The molecule has 0 aliphatic heterocycles. The summed E-state index contributed by atoms with van der Waals surface area (Å²) in [6, 6.07) is 20.8. The molecule has 5 nitrogen and oxygen atoms in total. The first-order valence-corrected chi connectivity index (χ1v) is 11.9. The van der Waals surface area contributed by atoms with Crippen LogP contribution in [-0.4, -0.2) is 28.0 Å². The van der Waals surface area contributed by atoms with Gasteiger partial charge in [0.15, 0.2) is 0 Å². The quantitative estimate of drug-likeness (QED) is 0.225. The van der Waals surface area contributed by atoms with Crippen molar-refractivity contribution < 1.29 is 32.2 Å². The van der Waals surface area contributed by atoms with Gasteiger partial charge in [-0.2, -0.15) is 18.3 Å². The molecular weight excluding hydrogens is 512 g/mol. The van der Waals surface area contributed by atoms with Gasteiger partial charge in [0.1, 0.15) is 11.6 Å². The van der Waals surface area contributed by atoms with Crippen molar-refractivity contribution in [2.75, 3.05) is 7.11 Å². The molecule has 1 heterocycles. The summed E-state index contributed by atoms with van der Waals surface area (Å²) in [6.07, 6.45) is -4.65. The van der Waals surface area contributed by atoms with E-state index in [1.165, 1.54) is 12.1 Å². The van der Waals surface area contributed by atoms with E-state index in [0.717, 1.165) is 22.9 Å². The zero-order valence-corrected chi connectivity index (χ0v) is 20.8. The van der Waals surface area contributed by atoms with Crippen molar-refractivity contribution in [2.24, 2.45) is 0 Å². The van der Waals surface area contributed by atoms with Crippen molar-refractivity contribution in [3.63, 3.8) is 0 Å². The number of methoxy groups -OCH3 is 1. The first-order valence-electron chi connectivity index (χ1n) is 11.9. The third kappa shape index (κ3) is 5.07. The largest absolute Gasteiger partial charge is 0.497 e. The van der Waals surface area contributed by atoms with Crippen LogP contribution in [0, 0.1) is 5.82 Å². The molecule has 39 heavy (non-hydrogen) atoms. The number of hydrogen-bond acceptors (Lipinski definition) is 3. The van der Waals surface area contributed by atoms with Gasteiger partial charge in [-0.3, -0.25) is 4.68 Å². The Morgan fingerprint density at radius 1 is 0.923 bits per heavy atom. The molecule has 1 aromatic heterocycles. The highest BCUT2D eigenvalue weighted by Crippen LogP contribution is 2.37. The third-order valence-corrected chi connectivity index (χ3v) is 6.66. The van der Waals surface area contributed by atoms with Gasteiger partial charge in [-0.1, -0.05) is 30.3 Å². The molecule has 0 radical (unpaired) electrons. The van der Waals surface area contributed by atoms with Gasteiger partial charge in [-0.15, -0.1) is 0 Å². The fraction of sp³-hybridized carbons (Fsp3) is 0.133. The zero-order chi connectivity index (χ0) is 27.9. The van der Waals surface area contributed by atoms with Crippen LogP contribution >= 0.6 is 0 Å². The van der Waals surface area contributed by atoms with Gasteiger partial charge < -0.3 is 9.84 Å². The average Bonchev–Trinajstić information content (AvgIpc) is 3.37. The number of rotatable bonds is 6. The SMILES string of the molecule is COc1ccc2cc(-c3cc(-c4cc(C(F)(F)F)ccc4F)nn3C(C)c3ccc(C(=O)O)cc3)ccc2c1. The number of fused-ring (bicyclic) bond motifs is 1. The Labute approximate surface area is 220 Å². The maximum absolute atomic E-state index is 14.8. The molecule has 0 saturated carbocycles. The van der Waals surface area contributed by atoms with E-state index in [0.29, 0.717) is 28.6 Å². The summed E-state index contributed by atoms with van der Waals surface area (Å²) < 4.78 is 61.9. The number of carboxylic acids is 1. The van der Waals surface area contributed by atoms with Gasteiger partial charge in [-0.05, 0) is 77.9 Å². The summed E-state index contributed by atoms with van der Waals surface area (Å²) in [7, 11) is 1.58. The molecule has 0 amide bonds. The minimum atomic E-state index is -4.65. The molecule has 0 fully saturated rings. The van der Waals surface area contributed by atoms with E-state index in [1.54, 1.807) is 30.0 Å². The van der Waals surface area contributed by atoms with Crippen LogP contribution in [0.25, 0.3) is 33.3 Å². The summed E-state index contributed by atoms with van der Waals surface area (Å²) in [4.78, 5) is 11.3. The lowest BCUT2D eigenvalue weighted by Gasteiger charge is -2.17. The van der Waals surface area contributed by atoms with Gasteiger partial charge in [-0.25, -0.2) is 9.18 Å².